The standard InChI is InChI=1S/C13H9F2N3O/c14-9-2-1-3-10(15)12(9)13(19)18-5-8-4-16-7-17-11(8)6-18/h1-4,7H,5-6H2. The first-order valence-electron chi connectivity index (χ1n) is 5.68. The number of nitrogens with zero attached hydrogens (tertiary/aromatic N) is 3. The van der Waals surface area contributed by atoms with Gasteiger partial charge in [0, 0.05) is 18.3 Å². The van der Waals surface area contributed by atoms with Crippen LogP contribution in [0.4, 0.5) is 8.78 Å². The third-order valence-electron chi connectivity index (χ3n) is 3.05. The molecule has 0 saturated carbocycles. The van der Waals surface area contributed by atoms with Gasteiger partial charge in [0.15, 0.2) is 0 Å². The molecule has 2 aromatic rings. The quantitative estimate of drug-likeness (QED) is 0.787. The highest BCUT2D eigenvalue weighted by Gasteiger charge is 2.28. The fraction of sp³-hybridized carbons (Fsp3) is 0.154. The molecule has 1 aromatic heterocycles. The first kappa shape index (κ1) is 11.7. The highest BCUT2D eigenvalue weighted by atomic mass is 19.1. The van der Waals surface area contributed by atoms with E-state index in [1.165, 1.54) is 17.3 Å². The summed E-state index contributed by atoms with van der Waals surface area (Å²) in [5, 5.41) is 0. The third-order valence-corrected chi connectivity index (χ3v) is 3.05. The Morgan fingerprint density at radius 3 is 2.63 bits per heavy atom. The van der Waals surface area contributed by atoms with Gasteiger partial charge in [-0.1, -0.05) is 6.07 Å². The minimum Gasteiger partial charge on any atom is -0.328 e. The number of benzene rings is 1. The Labute approximate surface area is 107 Å². The molecule has 0 atom stereocenters. The van der Waals surface area contributed by atoms with Gasteiger partial charge in [-0.3, -0.25) is 4.79 Å². The van der Waals surface area contributed by atoms with Crippen LogP contribution in [0.5, 0.6) is 0 Å². The molecule has 6 heteroatoms. The smallest absolute Gasteiger partial charge is 0.260 e. The maximum atomic E-state index is 13.6. The van der Waals surface area contributed by atoms with Gasteiger partial charge in [-0.2, -0.15) is 0 Å². The van der Waals surface area contributed by atoms with Crippen molar-refractivity contribution in [1.82, 2.24) is 14.9 Å². The number of carbonyl (C=O) groups excluding carboxylic acids is 1. The average molecular weight is 261 g/mol. The fourth-order valence-corrected chi connectivity index (χ4v) is 2.10. The lowest BCUT2D eigenvalue weighted by Crippen LogP contribution is -2.27. The van der Waals surface area contributed by atoms with Crippen LogP contribution in [0.25, 0.3) is 0 Å². The van der Waals surface area contributed by atoms with Gasteiger partial charge in [-0.15, -0.1) is 0 Å². The first-order valence-corrected chi connectivity index (χ1v) is 5.68. The van der Waals surface area contributed by atoms with Crippen molar-refractivity contribution in [2.45, 2.75) is 13.1 Å². The topological polar surface area (TPSA) is 46.1 Å². The summed E-state index contributed by atoms with van der Waals surface area (Å²) in [4.78, 5) is 21.4. The number of aromatic nitrogens is 2. The second-order valence-electron chi connectivity index (χ2n) is 4.25. The second-order valence-corrected chi connectivity index (χ2v) is 4.25. The fourth-order valence-electron chi connectivity index (χ4n) is 2.10. The molecule has 3 rings (SSSR count). The van der Waals surface area contributed by atoms with Crippen molar-refractivity contribution in [3.63, 3.8) is 0 Å². The summed E-state index contributed by atoms with van der Waals surface area (Å²) >= 11 is 0. The normalized spacial score (nSPS) is 13.5. The molecule has 0 bridgehead atoms. The molecule has 1 aromatic carbocycles. The van der Waals surface area contributed by atoms with Crippen molar-refractivity contribution >= 4 is 5.91 Å². The Hall–Kier alpha value is -2.37. The van der Waals surface area contributed by atoms with Crippen LogP contribution < -0.4 is 0 Å². The van der Waals surface area contributed by atoms with Gasteiger partial charge in [0.05, 0.1) is 12.2 Å². The maximum Gasteiger partial charge on any atom is 0.260 e. The number of halogens is 2. The molecule has 2 heterocycles. The molecular formula is C13H9F2N3O. The van der Waals surface area contributed by atoms with Crippen molar-refractivity contribution in [1.29, 1.82) is 0 Å². The summed E-state index contributed by atoms with van der Waals surface area (Å²) in [5.74, 6) is -2.38. The SMILES string of the molecule is O=C(c1c(F)cccc1F)N1Cc2cncnc2C1. The zero-order valence-corrected chi connectivity index (χ0v) is 9.81. The van der Waals surface area contributed by atoms with Gasteiger partial charge in [0.1, 0.15) is 23.5 Å². The van der Waals surface area contributed by atoms with E-state index in [2.05, 4.69) is 9.97 Å². The molecule has 1 aliphatic heterocycles. The molecule has 0 fully saturated rings. The molecule has 19 heavy (non-hydrogen) atoms. The number of fused-ring (bicyclic) bond motifs is 1. The number of amides is 1. The van der Waals surface area contributed by atoms with Crippen LogP contribution in [0.1, 0.15) is 21.6 Å². The monoisotopic (exact) mass is 261 g/mol. The molecule has 4 nitrogen and oxygen atoms in total. The second kappa shape index (κ2) is 4.38. The molecule has 0 radical (unpaired) electrons. The Balaban J connectivity index is 1.92. The van der Waals surface area contributed by atoms with Crippen LogP contribution in [-0.4, -0.2) is 20.8 Å². The van der Waals surface area contributed by atoms with Crippen LogP contribution in [0, 0.1) is 11.6 Å². The van der Waals surface area contributed by atoms with Crippen LogP contribution in [0.2, 0.25) is 0 Å². The number of hydrogen-bond donors (Lipinski definition) is 0. The van der Waals surface area contributed by atoms with E-state index in [1.807, 2.05) is 0 Å². The first-order chi connectivity index (χ1) is 9.16. The van der Waals surface area contributed by atoms with Gasteiger partial charge in [-0.05, 0) is 12.1 Å². The van der Waals surface area contributed by atoms with E-state index in [0.717, 1.165) is 17.7 Å². The van der Waals surface area contributed by atoms with E-state index >= 15 is 0 Å². The van der Waals surface area contributed by atoms with Crippen LogP contribution in [0.15, 0.2) is 30.7 Å². The highest BCUT2D eigenvalue weighted by molar-refractivity contribution is 5.95. The van der Waals surface area contributed by atoms with Crippen LogP contribution >= 0.6 is 0 Å². The summed E-state index contributed by atoms with van der Waals surface area (Å²) in [6.07, 6.45) is 2.99. The van der Waals surface area contributed by atoms with Crippen molar-refractivity contribution < 1.29 is 13.6 Å². The van der Waals surface area contributed by atoms with Gasteiger partial charge in [0.2, 0.25) is 0 Å². The summed E-state index contributed by atoms with van der Waals surface area (Å²) in [6.45, 7) is 0.507. The van der Waals surface area contributed by atoms with Gasteiger partial charge in [0.25, 0.3) is 5.91 Å². The summed E-state index contributed by atoms with van der Waals surface area (Å²) in [6, 6.07) is 3.37. The number of carbonyl (C=O) groups is 1. The van der Waals surface area contributed by atoms with Gasteiger partial charge < -0.3 is 4.90 Å². The molecule has 0 N–H and O–H groups in total. The van der Waals surface area contributed by atoms with E-state index in [-0.39, 0.29) is 13.1 Å². The molecule has 0 unspecified atom stereocenters. The predicted octanol–water partition coefficient (Wildman–Crippen LogP) is 1.91. The summed E-state index contributed by atoms with van der Waals surface area (Å²) < 4.78 is 27.1. The average Bonchev–Trinajstić information content (AvgIpc) is 2.82. The zero-order valence-electron chi connectivity index (χ0n) is 9.81. The molecule has 0 spiro atoms. The minimum atomic E-state index is -0.855. The van der Waals surface area contributed by atoms with Gasteiger partial charge >= 0.3 is 0 Å². The summed E-state index contributed by atoms with van der Waals surface area (Å²) in [5.41, 5.74) is 0.982. The Morgan fingerprint density at radius 2 is 1.95 bits per heavy atom. The van der Waals surface area contributed by atoms with Crippen LogP contribution in [0.3, 0.4) is 0 Å². The predicted molar refractivity (Wildman–Crippen MR) is 62.0 cm³/mol. The lowest BCUT2D eigenvalue weighted by Gasteiger charge is -2.15. The Bertz CT molecular complexity index is 615. The summed E-state index contributed by atoms with van der Waals surface area (Å²) in [7, 11) is 0. The van der Waals surface area contributed by atoms with Crippen LogP contribution in [-0.2, 0) is 13.1 Å². The molecule has 96 valence electrons. The zero-order chi connectivity index (χ0) is 13.4. The molecule has 1 amide bonds. The molecule has 1 aliphatic rings. The van der Waals surface area contributed by atoms with E-state index < -0.39 is 23.1 Å². The lowest BCUT2D eigenvalue weighted by molar-refractivity contribution is 0.0740. The van der Waals surface area contributed by atoms with Crippen molar-refractivity contribution in [3.8, 4) is 0 Å². The van der Waals surface area contributed by atoms with E-state index in [0.29, 0.717) is 5.69 Å². The highest BCUT2D eigenvalue weighted by Crippen LogP contribution is 2.23. The molecular weight excluding hydrogens is 252 g/mol. The largest absolute Gasteiger partial charge is 0.328 e. The third kappa shape index (κ3) is 1.95. The molecule has 0 aliphatic carbocycles. The van der Waals surface area contributed by atoms with E-state index in [4.69, 9.17) is 0 Å². The number of rotatable bonds is 1. The van der Waals surface area contributed by atoms with Crippen molar-refractivity contribution in [3.05, 3.63) is 59.2 Å². The van der Waals surface area contributed by atoms with Crippen molar-refractivity contribution in [2.75, 3.05) is 0 Å². The van der Waals surface area contributed by atoms with Crippen molar-refractivity contribution in [2.24, 2.45) is 0 Å². The van der Waals surface area contributed by atoms with E-state index in [9.17, 15) is 13.6 Å². The lowest BCUT2D eigenvalue weighted by atomic mass is 10.1. The molecule has 0 saturated heterocycles. The van der Waals surface area contributed by atoms with E-state index in [1.54, 1.807) is 6.20 Å². The number of hydrogen-bond acceptors (Lipinski definition) is 3. The Kier molecular flexibility index (Phi) is 2.70. The maximum absolute atomic E-state index is 13.6. The minimum absolute atomic E-state index is 0.241. The van der Waals surface area contributed by atoms with Gasteiger partial charge in [-0.25, -0.2) is 18.7 Å². The Morgan fingerprint density at radius 1 is 1.21 bits per heavy atom.